The summed E-state index contributed by atoms with van der Waals surface area (Å²) in [4.78, 5) is 0. The fourth-order valence-electron chi connectivity index (χ4n) is 2.73. The molecule has 2 rings (SSSR count). The molecule has 1 aromatic carbocycles. The Morgan fingerprint density at radius 3 is 2.60 bits per heavy atom. The molecule has 1 fully saturated rings. The van der Waals surface area contributed by atoms with Gasteiger partial charge in [0.1, 0.15) is 0 Å². The van der Waals surface area contributed by atoms with E-state index in [4.69, 9.17) is 27.9 Å². The van der Waals surface area contributed by atoms with Crippen molar-refractivity contribution in [1.29, 1.82) is 0 Å². The number of ether oxygens (including phenoxy) is 1. The fraction of sp³-hybridized carbons (Fsp3) is 0.625. The molecule has 1 aromatic rings. The van der Waals surface area contributed by atoms with Gasteiger partial charge in [0.2, 0.25) is 0 Å². The van der Waals surface area contributed by atoms with E-state index in [0.29, 0.717) is 16.1 Å². The summed E-state index contributed by atoms with van der Waals surface area (Å²) in [5.41, 5.74) is 1.36. The standard InChI is InChI=1S/C16H23Cl2NO/c1-12(2)19-11-16(6-8-20-9-7-16)10-13-4-3-5-14(17)15(13)18/h3-5,12,19H,6-11H2,1-2H3. The van der Waals surface area contributed by atoms with E-state index in [9.17, 15) is 0 Å². The molecule has 20 heavy (non-hydrogen) atoms. The molecule has 1 saturated heterocycles. The van der Waals surface area contributed by atoms with E-state index in [0.717, 1.165) is 44.6 Å². The minimum Gasteiger partial charge on any atom is -0.381 e. The Labute approximate surface area is 131 Å². The molecular formula is C16H23Cl2NO. The maximum absolute atomic E-state index is 6.35. The average Bonchev–Trinajstić information content (AvgIpc) is 2.43. The van der Waals surface area contributed by atoms with Crippen LogP contribution in [0.5, 0.6) is 0 Å². The van der Waals surface area contributed by atoms with Gasteiger partial charge in [0, 0.05) is 25.8 Å². The molecule has 0 spiro atoms. The van der Waals surface area contributed by atoms with Crippen LogP contribution in [0.25, 0.3) is 0 Å². The number of hydrogen-bond donors (Lipinski definition) is 1. The largest absolute Gasteiger partial charge is 0.381 e. The molecule has 1 N–H and O–H groups in total. The molecular weight excluding hydrogens is 293 g/mol. The van der Waals surface area contributed by atoms with Crippen LogP contribution in [0.3, 0.4) is 0 Å². The summed E-state index contributed by atoms with van der Waals surface area (Å²) in [5.74, 6) is 0. The molecule has 4 heteroatoms. The summed E-state index contributed by atoms with van der Waals surface area (Å²) < 4.78 is 5.54. The van der Waals surface area contributed by atoms with E-state index < -0.39 is 0 Å². The maximum Gasteiger partial charge on any atom is 0.0624 e. The molecule has 0 unspecified atom stereocenters. The number of rotatable bonds is 5. The molecule has 1 aliphatic heterocycles. The van der Waals surface area contributed by atoms with Crippen molar-refractivity contribution in [2.24, 2.45) is 5.41 Å². The highest BCUT2D eigenvalue weighted by molar-refractivity contribution is 6.42. The van der Waals surface area contributed by atoms with Crippen LogP contribution in [-0.2, 0) is 11.2 Å². The van der Waals surface area contributed by atoms with Crippen LogP contribution in [-0.4, -0.2) is 25.8 Å². The Bertz CT molecular complexity index is 442. The van der Waals surface area contributed by atoms with Crippen LogP contribution >= 0.6 is 23.2 Å². The van der Waals surface area contributed by atoms with Gasteiger partial charge in [-0.05, 0) is 36.3 Å². The average molecular weight is 316 g/mol. The zero-order valence-corrected chi connectivity index (χ0v) is 13.7. The first-order chi connectivity index (χ1) is 9.52. The lowest BCUT2D eigenvalue weighted by atomic mass is 9.75. The lowest BCUT2D eigenvalue weighted by Crippen LogP contribution is -2.42. The summed E-state index contributed by atoms with van der Waals surface area (Å²) in [6.07, 6.45) is 3.08. The predicted molar refractivity (Wildman–Crippen MR) is 85.8 cm³/mol. The van der Waals surface area contributed by atoms with Crippen molar-refractivity contribution in [3.63, 3.8) is 0 Å². The second kappa shape index (κ2) is 7.13. The summed E-state index contributed by atoms with van der Waals surface area (Å²) in [5, 5.41) is 4.92. The van der Waals surface area contributed by atoms with Crippen LogP contribution < -0.4 is 5.32 Å². The summed E-state index contributed by atoms with van der Waals surface area (Å²) in [6, 6.07) is 6.40. The van der Waals surface area contributed by atoms with Crippen LogP contribution in [0.2, 0.25) is 10.0 Å². The van der Waals surface area contributed by atoms with Crippen LogP contribution in [0, 0.1) is 5.41 Å². The number of halogens is 2. The predicted octanol–water partition coefficient (Wildman–Crippen LogP) is 4.33. The van der Waals surface area contributed by atoms with E-state index in [1.807, 2.05) is 12.1 Å². The van der Waals surface area contributed by atoms with Crippen molar-refractivity contribution in [3.05, 3.63) is 33.8 Å². The van der Waals surface area contributed by atoms with Crippen molar-refractivity contribution < 1.29 is 4.74 Å². The van der Waals surface area contributed by atoms with Gasteiger partial charge in [0.15, 0.2) is 0 Å². The lowest BCUT2D eigenvalue weighted by molar-refractivity contribution is 0.0141. The third-order valence-electron chi connectivity index (χ3n) is 4.04. The maximum atomic E-state index is 6.35. The van der Waals surface area contributed by atoms with Crippen LogP contribution in [0.4, 0.5) is 0 Å². The first kappa shape index (κ1) is 16.1. The van der Waals surface area contributed by atoms with Gasteiger partial charge in [-0.3, -0.25) is 0 Å². The number of nitrogens with one attached hydrogen (secondary N) is 1. The van der Waals surface area contributed by atoms with E-state index in [1.165, 1.54) is 0 Å². The first-order valence-electron chi connectivity index (χ1n) is 7.26. The molecule has 0 aromatic heterocycles. The van der Waals surface area contributed by atoms with Gasteiger partial charge in [0.25, 0.3) is 0 Å². The van der Waals surface area contributed by atoms with Gasteiger partial charge in [-0.25, -0.2) is 0 Å². The number of benzene rings is 1. The summed E-state index contributed by atoms with van der Waals surface area (Å²) >= 11 is 12.5. The minimum absolute atomic E-state index is 0.219. The van der Waals surface area contributed by atoms with Gasteiger partial charge < -0.3 is 10.1 Å². The van der Waals surface area contributed by atoms with Gasteiger partial charge in [-0.15, -0.1) is 0 Å². The second-order valence-corrected chi connectivity index (χ2v) is 6.82. The molecule has 2 nitrogen and oxygen atoms in total. The quantitative estimate of drug-likeness (QED) is 0.873. The van der Waals surface area contributed by atoms with Crippen molar-refractivity contribution in [2.75, 3.05) is 19.8 Å². The highest BCUT2D eigenvalue weighted by Crippen LogP contribution is 2.37. The monoisotopic (exact) mass is 315 g/mol. The van der Waals surface area contributed by atoms with E-state index in [2.05, 4.69) is 25.2 Å². The van der Waals surface area contributed by atoms with E-state index >= 15 is 0 Å². The smallest absolute Gasteiger partial charge is 0.0624 e. The zero-order valence-electron chi connectivity index (χ0n) is 12.2. The van der Waals surface area contributed by atoms with Crippen LogP contribution in [0.15, 0.2) is 18.2 Å². The molecule has 0 saturated carbocycles. The van der Waals surface area contributed by atoms with Crippen molar-refractivity contribution in [1.82, 2.24) is 5.32 Å². The normalized spacial score (nSPS) is 18.4. The zero-order chi connectivity index (χ0) is 14.6. The molecule has 0 atom stereocenters. The Morgan fingerprint density at radius 2 is 1.95 bits per heavy atom. The van der Waals surface area contributed by atoms with E-state index in [1.54, 1.807) is 0 Å². The Kier molecular flexibility index (Phi) is 5.74. The van der Waals surface area contributed by atoms with Crippen molar-refractivity contribution in [3.8, 4) is 0 Å². The van der Waals surface area contributed by atoms with Crippen molar-refractivity contribution >= 4 is 23.2 Å². The Balaban J connectivity index is 2.16. The molecule has 112 valence electrons. The molecule has 1 aliphatic rings. The van der Waals surface area contributed by atoms with Gasteiger partial charge in [-0.2, -0.15) is 0 Å². The third-order valence-corrected chi connectivity index (χ3v) is 4.89. The topological polar surface area (TPSA) is 21.3 Å². The first-order valence-corrected chi connectivity index (χ1v) is 8.02. The lowest BCUT2D eigenvalue weighted by Gasteiger charge is -2.38. The molecule has 0 aliphatic carbocycles. The Morgan fingerprint density at radius 1 is 1.25 bits per heavy atom. The number of hydrogen-bond acceptors (Lipinski definition) is 2. The minimum atomic E-state index is 0.219. The van der Waals surface area contributed by atoms with Gasteiger partial charge in [0.05, 0.1) is 10.0 Å². The van der Waals surface area contributed by atoms with Gasteiger partial charge >= 0.3 is 0 Å². The molecule has 0 bridgehead atoms. The molecule has 0 amide bonds. The molecule has 1 heterocycles. The summed E-state index contributed by atoms with van der Waals surface area (Å²) in [7, 11) is 0. The third kappa shape index (κ3) is 4.11. The highest BCUT2D eigenvalue weighted by atomic mass is 35.5. The van der Waals surface area contributed by atoms with Gasteiger partial charge in [-0.1, -0.05) is 49.2 Å². The van der Waals surface area contributed by atoms with E-state index in [-0.39, 0.29) is 5.41 Å². The van der Waals surface area contributed by atoms with Crippen molar-refractivity contribution in [2.45, 2.75) is 39.2 Å². The second-order valence-electron chi connectivity index (χ2n) is 6.04. The highest BCUT2D eigenvalue weighted by Gasteiger charge is 2.33. The summed E-state index contributed by atoms with van der Waals surface area (Å²) in [6.45, 7) is 7.02. The molecule has 0 radical (unpaired) electrons. The Hall–Kier alpha value is -0.280. The SMILES string of the molecule is CC(C)NCC1(Cc2cccc(Cl)c2Cl)CCOCC1. The fourth-order valence-corrected chi connectivity index (χ4v) is 3.12. The van der Waals surface area contributed by atoms with Crippen LogP contribution in [0.1, 0.15) is 32.3 Å².